The van der Waals surface area contributed by atoms with Gasteiger partial charge in [-0.05, 0) is 33.3 Å². The Morgan fingerprint density at radius 2 is 2.22 bits per heavy atom. The molecule has 0 amide bonds. The fourth-order valence-corrected chi connectivity index (χ4v) is 2.88. The summed E-state index contributed by atoms with van der Waals surface area (Å²) < 4.78 is 7.21. The van der Waals surface area contributed by atoms with E-state index in [0.29, 0.717) is 6.54 Å². The zero-order valence-corrected chi connectivity index (χ0v) is 15.1. The van der Waals surface area contributed by atoms with Crippen molar-refractivity contribution in [3.63, 3.8) is 0 Å². The Morgan fingerprint density at radius 1 is 1.48 bits per heavy atom. The normalized spacial score (nSPS) is 13.1. The molecule has 0 fully saturated rings. The standard InChI is InChI=1S/C16H24N4O2S/c1-6-13-19-11(10-23-13)9-17-14(12-7-8-18-20(12)5)15(21)22-16(2,3)4/h7-8,10,14,17H,6,9H2,1-5H3. The number of esters is 1. The summed E-state index contributed by atoms with van der Waals surface area (Å²) in [6.45, 7) is 8.16. The van der Waals surface area contributed by atoms with Gasteiger partial charge >= 0.3 is 5.97 Å². The molecule has 0 aromatic carbocycles. The van der Waals surface area contributed by atoms with Crippen LogP contribution in [0.15, 0.2) is 17.6 Å². The van der Waals surface area contributed by atoms with Crippen LogP contribution in [0.1, 0.15) is 50.1 Å². The average molecular weight is 336 g/mol. The topological polar surface area (TPSA) is 69.0 Å². The van der Waals surface area contributed by atoms with Crippen molar-refractivity contribution >= 4 is 17.3 Å². The Kier molecular flexibility index (Phi) is 5.54. The minimum Gasteiger partial charge on any atom is -0.459 e. The van der Waals surface area contributed by atoms with Crippen LogP contribution < -0.4 is 5.32 Å². The molecule has 0 saturated carbocycles. The number of ether oxygens (including phenoxy) is 1. The molecule has 126 valence electrons. The Hall–Kier alpha value is -1.73. The third kappa shape index (κ3) is 4.87. The molecular formula is C16H24N4O2S. The fourth-order valence-electron chi connectivity index (χ4n) is 2.14. The number of thiazole rings is 1. The van der Waals surface area contributed by atoms with Crippen molar-refractivity contribution in [2.24, 2.45) is 7.05 Å². The van der Waals surface area contributed by atoms with Crippen molar-refractivity contribution in [3.8, 4) is 0 Å². The monoisotopic (exact) mass is 336 g/mol. The van der Waals surface area contributed by atoms with Crippen LogP contribution in [0.4, 0.5) is 0 Å². The van der Waals surface area contributed by atoms with Crippen molar-refractivity contribution < 1.29 is 9.53 Å². The molecule has 2 rings (SSSR count). The molecule has 0 radical (unpaired) electrons. The maximum absolute atomic E-state index is 12.5. The van der Waals surface area contributed by atoms with Crippen LogP contribution in [0.5, 0.6) is 0 Å². The largest absolute Gasteiger partial charge is 0.459 e. The Balaban J connectivity index is 2.13. The quantitative estimate of drug-likeness (QED) is 0.821. The van der Waals surface area contributed by atoms with Gasteiger partial charge in [-0.1, -0.05) is 6.92 Å². The van der Waals surface area contributed by atoms with Crippen LogP contribution in [-0.4, -0.2) is 26.3 Å². The first-order valence-electron chi connectivity index (χ1n) is 7.67. The summed E-state index contributed by atoms with van der Waals surface area (Å²) in [7, 11) is 1.81. The van der Waals surface area contributed by atoms with Gasteiger partial charge in [-0.3, -0.25) is 10.00 Å². The maximum Gasteiger partial charge on any atom is 0.329 e. The van der Waals surface area contributed by atoms with E-state index in [4.69, 9.17) is 4.74 Å². The van der Waals surface area contributed by atoms with Crippen LogP contribution in [-0.2, 0) is 29.5 Å². The minimum atomic E-state index is -0.575. The van der Waals surface area contributed by atoms with Gasteiger partial charge in [-0.2, -0.15) is 5.10 Å². The number of carbonyl (C=O) groups excluding carboxylic acids is 1. The molecule has 1 unspecified atom stereocenters. The first-order valence-corrected chi connectivity index (χ1v) is 8.55. The van der Waals surface area contributed by atoms with Gasteiger partial charge in [0.2, 0.25) is 0 Å². The lowest BCUT2D eigenvalue weighted by Crippen LogP contribution is -2.36. The van der Waals surface area contributed by atoms with Crippen molar-refractivity contribution in [2.75, 3.05) is 0 Å². The van der Waals surface area contributed by atoms with E-state index in [0.717, 1.165) is 22.8 Å². The third-order valence-electron chi connectivity index (χ3n) is 3.19. The van der Waals surface area contributed by atoms with Gasteiger partial charge < -0.3 is 4.74 Å². The summed E-state index contributed by atoms with van der Waals surface area (Å²) in [4.78, 5) is 17.1. The lowest BCUT2D eigenvalue weighted by atomic mass is 10.1. The SMILES string of the molecule is CCc1nc(CNC(C(=O)OC(C)(C)C)c2ccnn2C)cs1. The van der Waals surface area contributed by atoms with Crippen LogP contribution in [0, 0.1) is 0 Å². The van der Waals surface area contributed by atoms with Gasteiger partial charge in [-0.15, -0.1) is 11.3 Å². The van der Waals surface area contributed by atoms with E-state index in [2.05, 4.69) is 22.3 Å². The summed E-state index contributed by atoms with van der Waals surface area (Å²) >= 11 is 1.64. The summed E-state index contributed by atoms with van der Waals surface area (Å²) in [6.07, 6.45) is 2.59. The molecule has 1 atom stereocenters. The molecule has 0 spiro atoms. The molecule has 0 bridgehead atoms. The molecule has 2 heterocycles. The van der Waals surface area contributed by atoms with Gasteiger partial charge in [0.1, 0.15) is 11.6 Å². The highest BCUT2D eigenvalue weighted by molar-refractivity contribution is 7.09. The molecule has 0 aliphatic rings. The zero-order valence-electron chi connectivity index (χ0n) is 14.3. The molecule has 2 aromatic heterocycles. The number of carbonyl (C=O) groups is 1. The van der Waals surface area contributed by atoms with Crippen molar-refractivity contribution in [3.05, 3.63) is 34.0 Å². The van der Waals surface area contributed by atoms with E-state index in [1.807, 2.05) is 39.3 Å². The Morgan fingerprint density at radius 3 is 2.74 bits per heavy atom. The molecule has 7 heteroatoms. The lowest BCUT2D eigenvalue weighted by Gasteiger charge is -2.24. The highest BCUT2D eigenvalue weighted by Crippen LogP contribution is 2.19. The number of hydrogen-bond acceptors (Lipinski definition) is 6. The third-order valence-corrected chi connectivity index (χ3v) is 4.23. The smallest absolute Gasteiger partial charge is 0.329 e. The molecule has 0 aliphatic carbocycles. The summed E-state index contributed by atoms with van der Waals surface area (Å²) in [5.41, 5.74) is 1.17. The van der Waals surface area contributed by atoms with Crippen LogP contribution in [0.2, 0.25) is 0 Å². The fraction of sp³-hybridized carbons (Fsp3) is 0.562. The predicted octanol–water partition coefficient (Wildman–Crippen LogP) is 2.61. The minimum absolute atomic E-state index is 0.313. The van der Waals surface area contributed by atoms with Gasteiger partial charge in [-0.25, -0.2) is 9.78 Å². The van der Waals surface area contributed by atoms with E-state index < -0.39 is 11.6 Å². The molecule has 2 aromatic rings. The van der Waals surface area contributed by atoms with Crippen molar-refractivity contribution in [1.29, 1.82) is 0 Å². The van der Waals surface area contributed by atoms with Crippen LogP contribution >= 0.6 is 11.3 Å². The van der Waals surface area contributed by atoms with Crippen molar-refractivity contribution in [1.82, 2.24) is 20.1 Å². The molecule has 6 nitrogen and oxygen atoms in total. The predicted molar refractivity (Wildman–Crippen MR) is 90.1 cm³/mol. The molecular weight excluding hydrogens is 312 g/mol. The number of nitrogens with zero attached hydrogens (tertiary/aromatic N) is 3. The second-order valence-electron chi connectivity index (χ2n) is 6.31. The lowest BCUT2D eigenvalue weighted by molar-refractivity contribution is -0.158. The van der Waals surface area contributed by atoms with Gasteiger partial charge in [0, 0.05) is 25.2 Å². The zero-order chi connectivity index (χ0) is 17.0. The summed E-state index contributed by atoms with van der Waals surface area (Å²) in [6, 6.07) is 1.24. The van der Waals surface area contributed by atoms with Gasteiger partial charge in [0.25, 0.3) is 0 Å². The highest BCUT2D eigenvalue weighted by atomic mass is 32.1. The highest BCUT2D eigenvalue weighted by Gasteiger charge is 2.28. The molecule has 0 saturated heterocycles. The second-order valence-corrected chi connectivity index (χ2v) is 7.26. The number of hydrogen-bond donors (Lipinski definition) is 1. The number of nitrogens with one attached hydrogen (secondary N) is 1. The van der Waals surface area contributed by atoms with E-state index in [9.17, 15) is 4.79 Å². The van der Waals surface area contributed by atoms with Gasteiger partial charge in [0.15, 0.2) is 0 Å². The first-order chi connectivity index (χ1) is 10.8. The Labute approximate surface area is 140 Å². The van der Waals surface area contributed by atoms with E-state index >= 15 is 0 Å². The van der Waals surface area contributed by atoms with Crippen molar-refractivity contribution in [2.45, 2.75) is 52.3 Å². The summed E-state index contributed by atoms with van der Waals surface area (Å²) in [5, 5.41) is 10.5. The summed E-state index contributed by atoms with van der Waals surface area (Å²) in [5.74, 6) is -0.313. The molecule has 1 N–H and O–H groups in total. The van der Waals surface area contributed by atoms with E-state index in [-0.39, 0.29) is 5.97 Å². The number of aryl methyl sites for hydroxylation is 2. The Bertz CT molecular complexity index is 657. The second kappa shape index (κ2) is 7.23. The van der Waals surface area contributed by atoms with E-state index in [1.165, 1.54) is 0 Å². The first kappa shape index (κ1) is 17.6. The average Bonchev–Trinajstić information content (AvgIpc) is 3.07. The number of rotatable bonds is 6. The van der Waals surface area contributed by atoms with Crippen LogP contribution in [0.3, 0.4) is 0 Å². The molecule has 23 heavy (non-hydrogen) atoms. The maximum atomic E-state index is 12.5. The van der Waals surface area contributed by atoms with Gasteiger partial charge in [0.05, 0.1) is 16.4 Å². The molecule has 0 aliphatic heterocycles. The van der Waals surface area contributed by atoms with E-state index in [1.54, 1.807) is 22.2 Å². The number of aromatic nitrogens is 3. The van der Waals surface area contributed by atoms with Crippen LogP contribution in [0.25, 0.3) is 0 Å².